The number of amides is 2. The van der Waals surface area contributed by atoms with Gasteiger partial charge >= 0.3 is 0 Å². The van der Waals surface area contributed by atoms with E-state index in [9.17, 15) is 14.4 Å². The molecule has 1 fully saturated rings. The van der Waals surface area contributed by atoms with Gasteiger partial charge in [0, 0.05) is 13.0 Å². The number of hydrogen-bond acceptors (Lipinski definition) is 4. The minimum atomic E-state index is -0.930. The van der Waals surface area contributed by atoms with Gasteiger partial charge in [0.15, 0.2) is 5.94 Å². The van der Waals surface area contributed by atoms with Crippen LogP contribution in [0.25, 0.3) is 10.8 Å². The number of hydrogen-bond donors (Lipinski definition) is 2. The van der Waals surface area contributed by atoms with Crippen LogP contribution in [0.2, 0.25) is 0 Å². The number of fused-ring (bicyclic) bond motifs is 1. The molecule has 2 atom stereocenters. The summed E-state index contributed by atoms with van der Waals surface area (Å²) in [6.45, 7) is 4.70. The van der Waals surface area contributed by atoms with Crippen LogP contribution in [0.3, 0.4) is 0 Å². The molecule has 6 heteroatoms. The number of ether oxygens (including phenoxy) is 1. The summed E-state index contributed by atoms with van der Waals surface area (Å²) < 4.78 is 4.88. The molecule has 0 saturated carbocycles. The van der Waals surface area contributed by atoms with Crippen molar-refractivity contribution in [3.8, 4) is 0 Å². The Morgan fingerprint density at radius 3 is 2.57 bits per heavy atom. The van der Waals surface area contributed by atoms with E-state index in [1.165, 1.54) is 0 Å². The molecule has 1 heterocycles. The van der Waals surface area contributed by atoms with Gasteiger partial charge in [-0.3, -0.25) is 9.59 Å². The Morgan fingerprint density at radius 1 is 1.14 bits per heavy atom. The number of rotatable bonds is 8. The number of carbonyl (C=O) groups is 2. The molecule has 6 nitrogen and oxygen atoms in total. The largest absolute Gasteiger partial charge is 0.461 e. The van der Waals surface area contributed by atoms with Crippen LogP contribution in [-0.2, 0) is 25.5 Å². The van der Waals surface area contributed by atoms with Crippen molar-refractivity contribution in [1.29, 1.82) is 0 Å². The summed E-state index contributed by atoms with van der Waals surface area (Å²) in [5.41, 5.74) is 0.936. The molecule has 0 bridgehead atoms. The van der Waals surface area contributed by atoms with Crippen molar-refractivity contribution >= 4 is 28.5 Å². The first-order chi connectivity index (χ1) is 13.5. The van der Waals surface area contributed by atoms with Crippen LogP contribution in [0.4, 0.5) is 0 Å². The Kier molecular flexibility index (Phi) is 6.12. The molecule has 1 unspecified atom stereocenters. The second-order valence-corrected chi connectivity index (χ2v) is 7.38. The zero-order chi connectivity index (χ0) is 20.1. The van der Waals surface area contributed by atoms with Crippen LogP contribution in [0.1, 0.15) is 25.8 Å². The van der Waals surface area contributed by atoms with Gasteiger partial charge in [-0.05, 0) is 28.7 Å². The van der Waals surface area contributed by atoms with E-state index in [2.05, 4.69) is 24.5 Å². The van der Waals surface area contributed by atoms with Gasteiger partial charge in [0.2, 0.25) is 17.8 Å². The fraction of sp³-hybridized carbons (Fsp3) is 0.364. The molecule has 3 rings (SSSR count). The van der Waals surface area contributed by atoms with E-state index in [-0.39, 0.29) is 11.7 Å². The van der Waals surface area contributed by atoms with Crippen molar-refractivity contribution in [2.24, 2.45) is 5.92 Å². The smallest absolute Gasteiger partial charge is 0.270 e. The van der Waals surface area contributed by atoms with Crippen molar-refractivity contribution in [2.75, 3.05) is 6.54 Å². The Labute approximate surface area is 163 Å². The highest BCUT2D eigenvalue weighted by molar-refractivity contribution is 5.94. The summed E-state index contributed by atoms with van der Waals surface area (Å²) >= 11 is 0. The predicted molar refractivity (Wildman–Crippen MR) is 106 cm³/mol. The topological polar surface area (TPSA) is 87.8 Å². The fourth-order valence-electron chi connectivity index (χ4n) is 3.01. The summed E-state index contributed by atoms with van der Waals surface area (Å²) in [4.78, 5) is 35.5. The van der Waals surface area contributed by atoms with Crippen LogP contribution in [0.5, 0.6) is 0 Å². The molecular formula is C22H24N2O4. The molecule has 146 valence electrons. The summed E-state index contributed by atoms with van der Waals surface area (Å²) in [7, 11) is 0. The molecule has 0 aromatic heterocycles. The van der Waals surface area contributed by atoms with Gasteiger partial charge in [-0.25, -0.2) is 4.79 Å². The third-order valence-corrected chi connectivity index (χ3v) is 4.67. The number of carbonyl (C=O) groups excluding carboxylic acids is 3. The normalized spacial score (nSPS) is 16.2. The SMILES string of the molecule is CC(C)CCNC(=O)[C@H](Cc1ccc2ccccc2c1)NC(=O)C1OC1=C=O. The molecule has 2 aromatic rings. The van der Waals surface area contributed by atoms with Crippen LogP contribution < -0.4 is 10.6 Å². The fourth-order valence-corrected chi connectivity index (χ4v) is 3.01. The zero-order valence-electron chi connectivity index (χ0n) is 16.0. The monoisotopic (exact) mass is 380 g/mol. The third kappa shape index (κ3) is 4.99. The van der Waals surface area contributed by atoms with Crippen LogP contribution in [0, 0.1) is 5.92 Å². The number of nitrogens with one attached hydrogen (secondary N) is 2. The first kappa shape index (κ1) is 19.6. The van der Waals surface area contributed by atoms with Crippen LogP contribution in [-0.4, -0.2) is 36.4 Å². The highest BCUT2D eigenvalue weighted by Gasteiger charge is 2.43. The van der Waals surface area contributed by atoms with Crippen molar-refractivity contribution in [3.63, 3.8) is 0 Å². The van der Waals surface area contributed by atoms with Crippen molar-refractivity contribution in [1.82, 2.24) is 10.6 Å². The first-order valence-electron chi connectivity index (χ1n) is 9.45. The molecule has 2 N–H and O–H groups in total. The van der Waals surface area contributed by atoms with Crippen molar-refractivity contribution in [2.45, 2.75) is 38.8 Å². The highest BCUT2D eigenvalue weighted by atomic mass is 16.6. The van der Waals surface area contributed by atoms with E-state index in [1.54, 1.807) is 5.94 Å². The molecule has 2 amide bonds. The third-order valence-electron chi connectivity index (χ3n) is 4.67. The maximum Gasteiger partial charge on any atom is 0.270 e. The molecule has 0 radical (unpaired) electrons. The van der Waals surface area contributed by atoms with Gasteiger partial charge in [-0.15, -0.1) is 0 Å². The van der Waals surface area contributed by atoms with Crippen molar-refractivity contribution < 1.29 is 19.1 Å². The second kappa shape index (κ2) is 8.72. The standard InChI is InChI=1S/C22H24N2O4/c1-14(2)9-10-23-21(26)18(24-22(27)20-19(13-25)28-20)12-15-7-8-16-5-3-4-6-17(16)11-15/h3-8,11,14,18,20H,9-10,12H2,1-2H3,(H,23,26)(H,24,27)/t18-,20?/m0/s1. The van der Waals surface area contributed by atoms with E-state index >= 15 is 0 Å². The lowest BCUT2D eigenvalue weighted by atomic mass is 10.0. The number of benzene rings is 2. The van der Waals surface area contributed by atoms with E-state index in [1.807, 2.05) is 42.5 Å². The highest BCUT2D eigenvalue weighted by Crippen LogP contribution is 2.24. The van der Waals surface area contributed by atoms with Crippen LogP contribution in [0.15, 0.2) is 48.2 Å². The maximum absolute atomic E-state index is 12.7. The van der Waals surface area contributed by atoms with Gasteiger partial charge in [-0.2, -0.15) is 0 Å². The molecular weight excluding hydrogens is 356 g/mol. The Hall–Kier alpha value is -3.11. The molecule has 1 aliphatic rings. The Bertz CT molecular complexity index is 931. The molecule has 2 aromatic carbocycles. The lowest BCUT2D eigenvalue weighted by Gasteiger charge is -2.18. The lowest BCUT2D eigenvalue weighted by Crippen LogP contribution is -2.49. The summed E-state index contributed by atoms with van der Waals surface area (Å²) in [5.74, 6) is 1.27. The molecule has 1 saturated heterocycles. The van der Waals surface area contributed by atoms with E-state index in [0.717, 1.165) is 22.8 Å². The minimum absolute atomic E-state index is 0.0258. The van der Waals surface area contributed by atoms with Crippen molar-refractivity contribution in [3.05, 3.63) is 53.8 Å². The number of epoxide rings is 1. The van der Waals surface area contributed by atoms with Gasteiger partial charge in [-0.1, -0.05) is 56.3 Å². The Morgan fingerprint density at radius 2 is 1.89 bits per heavy atom. The van der Waals surface area contributed by atoms with Gasteiger partial charge in [0.1, 0.15) is 6.04 Å². The molecule has 28 heavy (non-hydrogen) atoms. The quantitative estimate of drug-likeness (QED) is 0.543. The average Bonchev–Trinajstić information content (AvgIpc) is 3.47. The minimum Gasteiger partial charge on any atom is -0.461 e. The van der Waals surface area contributed by atoms with Gasteiger partial charge in [0.25, 0.3) is 5.91 Å². The predicted octanol–water partition coefficient (Wildman–Crippen LogP) is 2.14. The molecule has 0 aliphatic carbocycles. The van der Waals surface area contributed by atoms with E-state index in [4.69, 9.17) is 4.74 Å². The summed E-state index contributed by atoms with van der Waals surface area (Å²) in [6, 6.07) is 13.2. The Balaban J connectivity index is 1.72. The maximum atomic E-state index is 12.7. The van der Waals surface area contributed by atoms with Gasteiger partial charge < -0.3 is 15.4 Å². The van der Waals surface area contributed by atoms with E-state index in [0.29, 0.717) is 18.9 Å². The second-order valence-electron chi connectivity index (χ2n) is 7.38. The van der Waals surface area contributed by atoms with E-state index < -0.39 is 18.1 Å². The molecule has 0 spiro atoms. The molecule has 1 aliphatic heterocycles. The average molecular weight is 380 g/mol. The van der Waals surface area contributed by atoms with Gasteiger partial charge in [0.05, 0.1) is 0 Å². The van der Waals surface area contributed by atoms with Crippen LogP contribution >= 0.6 is 0 Å². The summed E-state index contributed by atoms with van der Waals surface area (Å²) in [5, 5.41) is 7.77. The summed E-state index contributed by atoms with van der Waals surface area (Å²) in [6.07, 6.45) is 0.267. The lowest BCUT2D eigenvalue weighted by molar-refractivity contribution is -0.129. The zero-order valence-corrected chi connectivity index (χ0v) is 16.0. The first-order valence-corrected chi connectivity index (χ1v) is 9.45.